The molecule has 1 fully saturated rings. The van der Waals surface area contributed by atoms with E-state index >= 15 is 0 Å². The maximum Gasteiger partial charge on any atom is 0.357 e. The monoisotopic (exact) mass is 314 g/mol. The number of thiazole rings is 1. The van der Waals surface area contributed by atoms with Gasteiger partial charge in [0.05, 0.1) is 19.8 Å². The van der Waals surface area contributed by atoms with E-state index in [1.165, 1.54) is 18.4 Å². The van der Waals surface area contributed by atoms with Crippen LogP contribution in [0.25, 0.3) is 0 Å². The quantitative estimate of drug-likeness (QED) is 0.643. The van der Waals surface area contributed by atoms with E-state index in [0.717, 1.165) is 37.5 Å². The maximum atomic E-state index is 11.3. The Bertz CT molecular complexity index is 475. The van der Waals surface area contributed by atoms with Gasteiger partial charge in [0.2, 0.25) is 0 Å². The topological polar surface area (TPSA) is 69.7 Å². The van der Waals surface area contributed by atoms with Gasteiger partial charge in [-0.2, -0.15) is 0 Å². The molecule has 6 nitrogen and oxygen atoms in total. The summed E-state index contributed by atoms with van der Waals surface area (Å²) in [5.74, 6) is -0.877. The molecular formula is C14H22N2O4S. The smallest absolute Gasteiger partial charge is 0.357 e. The lowest BCUT2D eigenvalue weighted by Crippen LogP contribution is -2.39. The fourth-order valence-corrected chi connectivity index (χ4v) is 2.92. The first-order valence-electron chi connectivity index (χ1n) is 7.09. The zero-order valence-electron chi connectivity index (χ0n) is 12.7. The molecule has 0 radical (unpaired) electrons. The van der Waals surface area contributed by atoms with Crippen LogP contribution in [0.4, 0.5) is 5.13 Å². The fraction of sp³-hybridized carbons (Fsp3) is 0.714. The second kappa shape index (κ2) is 7.20. The molecule has 1 N–H and O–H groups in total. The normalized spacial score (nSPS) is 21.0. The fourth-order valence-electron chi connectivity index (χ4n) is 2.21. The van der Waals surface area contributed by atoms with Crippen molar-refractivity contribution in [1.29, 1.82) is 0 Å². The highest BCUT2D eigenvalue weighted by atomic mass is 32.1. The summed E-state index contributed by atoms with van der Waals surface area (Å²) in [6.07, 6.45) is 3.15. The molecule has 1 atom stereocenters. The molecule has 0 amide bonds. The lowest BCUT2D eigenvalue weighted by Gasteiger charge is -2.36. The van der Waals surface area contributed by atoms with Crippen molar-refractivity contribution in [3.05, 3.63) is 11.1 Å². The molecule has 7 heteroatoms. The molecule has 1 aromatic heterocycles. The summed E-state index contributed by atoms with van der Waals surface area (Å²) in [7, 11) is 1.35. The average Bonchev–Trinajstić information content (AvgIpc) is 2.90. The van der Waals surface area contributed by atoms with Crippen molar-refractivity contribution in [2.24, 2.45) is 0 Å². The summed E-state index contributed by atoms with van der Waals surface area (Å²) in [6, 6.07) is 0. The van der Waals surface area contributed by atoms with E-state index in [9.17, 15) is 4.79 Å². The van der Waals surface area contributed by atoms with E-state index < -0.39 is 11.8 Å². The van der Waals surface area contributed by atoms with Gasteiger partial charge in [0.25, 0.3) is 0 Å². The molecule has 1 saturated heterocycles. The van der Waals surface area contributed by atoms with E-state index in [-0.39, 0.29) is 6.10 Å². The van der Waals surface area contributed by atoms with E-state index in [1.54, 1.807) is 5.38 Å². The van der Waals surface area contributed by atoms with Crippen molar-refractivity contribution in [3.8, 4) is 0 Å². The van der Waals surface area contributed by atoms with Crippen LogP contribution < -0.4 is 5.32 Å². The van der Waals surface area contributed by atoms with E-state index in [1.807, 2.05) is 13.8 Å². The average molecular weight is 314 g/mol. The number of carbonyl (C=O) groups excluding carboxylic acids is 1. The molecule has 1 unspecified atom stereocenters. The molecule has 0 bridgehead atoms. The van der Waals surface area contributed by atoms with Gasteiger partial charge >= 0.3 is 5.97 Å². The Balaban J connectivity index is 1.68. The number of nitrogens with one attached hydrogen (secondary N) is 1. The molecule has 1 aromatic rings. The minimum atomic E-state index is -0.471. The minimum Gasteiger partial charge on any atom is -0.464 e. The predicted molar refractivity (Wildman–Crippen MR) is 80.7 cm³/mol. The Hall–Kier alpha value is -1.18. The second-order valence-electron chi connectivity index (χ2n) is 5.38. The highest BCUT2D eigenvalue weighted by Gasteiger charge is 2.28. The van der Waals surface area contributed by atoms with Crippen LogP contribution >= 0.6 is 11.3 Å². The third-order valence-corrected chi connectivity index (χ3v) is 4.02. The van der Waals surface area contributed by atoms with E-state index in [2.05, 4.69) is 15.0 Å². The van der Waals surface area contributed by atoms with Crippen LogP contribution in [-0.2, 0) is 14.2 Å². The van der Waals surface area contributed by atoms with E-state index in [4.69, 9.17) is 9.47 Å². The third kappa shape index (κ3) is 4.94. The highest BCUT2D eigenvalue weighted by molar-refractivity contribution is 7.13. The van der Waals surface area contributed by atoms with Crippen LogP contribution in [0.2, 0.25) is 0 Å². The standard InChI is InChI=1S/C14H22N2O4S/c1-14(2)19-8-6-10(20-14)5-4-7-15-13-16-11(9-21-13)12(17)18-3/h9-10H,4-8H2,1-3H3,(H,15,16). The molecule has 0 spiro atoms. The number of esters is 1. The van der Waals surface area contributed by atoms with Crippen molar-refractivity contribution < 1.29 is 19.0 Å². The van der Waals surface area contributed by atoms with Crippen molar-refractivity contribution in [3.63, 3.8) is 0 Å². The lowest BCUT2D eigenvalue weighted by molar-refractivity contribution is -0.273. The van der Waals surface area contributed by atoms with Gasteiger partial charge in [-0.3, -0.25) is 0 Å². The number of hydrogen-bond acceptors (Lipinski definition) is 7. The van der Waals surface area contributed by atoms with Crippen LogP contribution in [0.3, 0.4) is 0 Å². The van der Waals surface area contributed by atoms with Crippen molar-refractivity contribution in [2.75, 3.05) is 25.6 Å². The summed E-state index contributed by atoms with van der Waals surface area (Å²) in [5, 5.41) is 5.65. The number of rotatable bonds is 6. The van der Waals surface area contributed by atoms with Crippen molar-refractivity contribution in [2.45, 2.75) is 45.0 Å². The largest absolute Gasteiger partial charge is 0.464 e. The first-order chi connectivity index (χ1) is 10.00. The Kier molecular flexibility index (Phi) is 5.55. The SMILES string of the molecule is COC(=O)c1csc(NCCCC2CCOC(C)(C)O2)n1. The van der Waals surface area contributed by atoms with Gasteiger partial charge in [0.15, 0.2) is 16.6 Å². The molecule has 2 rings (SSSR count). The molecule has 118 valence electrons. The van der Waals surface area contributed by atoms with Crippen LogP contribution in [0.1, 0.15) is 43.6 Å². The number of methoxy groups -OCH3 is 1. The molecule has 0 saturated carbocycles. The summed E-state index contributed by atoms with van der Waals surface area (Å²) < 4.78 is 16.0. The first-order valence-corrected chi connectivity index (χ1v) is 7.97. The van der Waals surface area contributed by atoms with Gasteiger partial charge in [-0.1, -0.05) is 0 Å². The van der Waals surface area contributed by atoms with Gasteiger partial charge in [-0.15, -0.1) is 11.3 Å². The summed E-state index contributed by atoms with van der Waals surface area (Å²) in [6.45, 7) is 5.44. The zero-order chi connectivity index (χ0) is 15.3. The summed E-state index contributed by atoms with van der Waals surface area (Å²) >= 11 is 1.40. The number of ether oxygens (including phenoxy) is 3. The lowest BCUT2D eigenvalue weighted by atomic mass is 10.1. The summed E-state index contributed by atoms with van der Waals surface area (Å²) in [5.41, 5.74) is 0.347. The van der Waals surface area contributed by atoms with Crippen LogP contribution in [0, 0.1) is 0 Å². The predicted octanol–water partition coefficient (Wildman–Crippen LogP) is 2.66. The Morgan fingerprint density at radius 1 is 1.62 bits per heavy atom. The van der Waals surface area contributed by atoms with Crippen LogP contribution in [0.15, 0.2) is 5.38 Å². The van der Waals surface area contributed by atoms with Gasteiger partial charge in [-0.25, -0.2) is 9.78 Å². The molecule has 0 aliphatic carbocycles. The molecule has 21 heavy (non-hydrogen) atoms. The minimum absolute atomic E-state index is 0.248. The van der Waals surface area contributed by atoms with Gasteiger partial charge < -0.3 is 19.5 Å². The summed E-state index contributed by atoms with van der Waals surface area (Å²) in [4.78, 5) is 15.5. The molecule has 0 aromatic carbocycles. The molecule has 2 heterocycles. The number of nitrogens with zero attached hydrogens (tertiary/aromatic N) is 1. The number of hydrogen-bond donors (Lipinski definition) is 1. The Morgan fingerprint density at radius 2 is 2.43 bits per heavy atom. The Labute approximate surface area is 128 Å². The number of aromatic nitrogens is 1. The van der Waals surface area contributed by atoms with Crippen molar-refractivity contribution >= 4 is 22.4 Å². The third-order valence-electron chi connectivity index (χ3n) is 3.22. The van der Waals surface area contributed by atoms with Gasteiger partial charge in [0, 0.05) is 11.9 Å². The van der Waals surface area contributed by atoms with E-state index in [0.29, 0.717) is 5.69 Å². The number of carbonyl (C=O) groups is 1. The highest BCUT2D eigenvalue weighted by Crippen LogP contribution is 2.24. The maximum absolute atomic E-state index is 11.3. The molecular weight excluding hydrogens is 292 g/mol. The van der Waals surface area contributed by atoms with Crippen LogP contribution in [0.5, 0.6) is 0 Å². The molecule has 1 aliphatic heterocycles. The Morgan fingerprint density at radius 3 is 3.14 bits per heavy atom. The second-order valence-corrected chi connectivity index (χ2v) is 6.23. The van der Waals surface area contributed by atoms with Crippen molar-refractivity contribution in [1.82, 2.24) is 4.98 Å². The molecule has 1 aliphatic rings. The first kappa shape index (κ1) is 16.2. The van der Waals surface area contributed by atoms with Gasteiger partial charge in [0.1, 0.15) is 0 Å². The number of anilines is 1. The van der Waals surface area contributed by atoms with Crippen LogP contribution in [-0.4, -0.2) is 43.1 Å². The van der Waals surface area contributed by atoms with Gasteiger partial charge in [-0.05, 0) is 33.1 Å². The zero-order valence-corrected chi connectivity index (χ0v) is 13.5.